The molecule has 0 saturated carbocycles. The molecule has 0 amide bonds. The lowest BCUT2D eigenvalue weighted by molar-refractivity contribution is 0.0759. The molecule has 2 saturated heterocycles. The topological polar surface area (TPSA) is 24.5 Å². The SMILES string of the molecule is CC1OCCC1N(C)CC1CCNCC1. The fourth-order valence-electron chi connectivity index (χ4n) is 2.91. The Kier molecular flexibility index (Phi) is 4.00. The predicted octanol–water partition coefficient (Wildman–Crippen LogP) is 1.10. The second-order valence-electron chi connectivity index (χ2n) is 5.06. The van der Waals surface area contributed by atoms with Gasteiger partial charge in [0.2, 0.25) is 0 Å². The van der Waals surface area contributed by atoms with Crippen LogP contribution in [-0.2, 0) is 4.74 Å². The predicted molar refractivity (Wildman–Crippen MR) is 62.0 cm³/mol. The van der Waals surface area contributed by atoms with Gasteiger partial charge in [-0.1, -0.05) is 0 Å². The van der Waals surface area contributed by atoms with E-state index >= 15 is 0 Å². The first kappa shape index (κ1) is 11.4. The molecule has 2 aliphatic heterocycles. The second kappa shape index (κ2) is 5.28. The van der Waals surface area contributed by atoms with Crippen LogP contribution in [0.1, 0.15) is 26.2 Å². The van der Waals surface area contributed by atoms with Gasteiger partial charge in [-0.3, -0.25) is 0 Å². The van der Waals surface area contributed by atoms with E-state index in [1.807, 2.05) is 0 Å². The Balaban J connectivity index is 1.77. The van der Waals surface area contributed by atoms with Crippen LogP contribution in [0.15, 0.2) is 0 Å². The van der Waals surface area contributed by atoms with Crippen LogP contribution in [-0.4, -0.2) is 50.3 Å². The first-order valence-electron chi connectivity index (χ1n) is 6.30. The highest BCUT2D eigenvalue weighted by atomic mass is 16.5. The van der Waals surface area contributed by atoms with Gasteiger partial charge in [0.15, 0.2) is 0 Å². The molecule has 0 bridgehead atoms. The molecule has 2 atom stereocenters. The van der Waals surface area contributed by atoms with Crippen LogP contribution in [0.5, 0.6) is 0 Å². The summed E-state index contributed by atoms with van der Waals surface area (Å²) in [4.78, 5) is 2.52. The molecule has 0 radical (unpaired) electrons. The van der Waals surface area contributed by atoms with Gasteiger partial charge in [-0.2, -0.15) is 0 Å². The van der Waals surface area contributed by atoms with Gasteiger partial charge in [0.05, 0.1) is 6.10 Å². The fourth-order valence-corrected chi connectivity index (χ4v) is 2.91. The van der Waals surface area contributed by atoms with Crippen LogP contribution in [0.3, 0.4) is 0 Å². The summed E-state index contributed by atoms with van der Waals surface area (Å²) in [6.07, 6.45) is 4.32. The summed E-state index contributed by atoms with van der Waals surface area (Å²) < 4.78 is 5.62. The standard InChI is InChI=1S/C12H24N2O/c1-10-12(5-8-15-10)14(2)9-11-3-6-13-7-4-11/h10-13H,3-9H2,1-2H3. The smallest absolute Gasteiger partial charge is 0.0702 e. The van der Waals surface area contributed by atoms with E-state index < -0.39 is 0 Å². The highest BCUT2D eigenvalue weighted by molar-refractivity contribution is 4.82. The monoisotopic (exact) mass is 212 g/mol. The number of piperidine rings is 1. The molecule has 3 nitrogen and oxygen atoms in total. The maximum absolute atomic E-state index is 5.62. The van der Waals surface area contributed by atoms with Crippen LogP contribution in [0.4, 0.5) is 0 Å². The number of nitrogens with one attached hydrogen (secondary N) is 1. The first-order valence-corrected chi connectivity index (χ1v) is 6.30. The van der Waals surface area contributed by atoms with Gasteiger partial charge >= 0.3 is 0 Å². The van der Waals surface area contributed by atoms with E-state index in [4.69, 9.17) is 4.74 Å². The second-order valence-corrected chi connectivity index (χ2v) is 5.06. The van der Waals surface area contributed by atoms with Crippen molar-refractivity contribution in [2.75, 3.05) is 33.3 Å². The van der Waals surface area contributed by atoms with Gasteiger partial charge in [-0.05, 0) is 52.2 Å². The van der Waals surface area contributed by atoms with E-state index in [1.54, 1.807) is 0 Å². The van der Waals surface area contributed by atoms with Crippen molar-refractivity contribution in [3.8, 4) is 0 Å². The van der Waals surface area contributed by atoms with Crippen LogP contribution in [0, 0.1) is 5.92 Å². The molecule has 0 aromatic rings. The van der Waals surface area contributed by atoms with Gasteiger partial charge in [0, 0.05) is 19.2 Å². The summed E-state index contributed by atoms with van der Waals surface area (Å²) in [5, 5.41) is 3.42. The normalized spacial score (nSPS) is 33.8. The van der Waals surface area contributed by atoms with Gasteiger partial charge in [0.1, 0.15) is 0 Å². The Morgan fingerprint density at radius 2 is 2.00 bits per heavy atom. The molecule has 0 spiro atoms. The van der Waals surface area contributed by atoms with Crippen LogP contribution in [0.25, 0.3) is 0 Å². The van der Waals surface area contributed by atoms with E-state index in [2.05, 4.69) is 24.2 Å². The van der Waals surface area contributed by atoms with Crippen molar-refractivity contribution in [1.29, 1.82) is 0 Å². The van der Waals surface area contributed by atoms with Crippen LogP contribution >= 0.6 is 0 Å². The molecule has 3 heteroatoms. The molecule has 2 aliphatic rings. The summed E-state index contributed by atoms with van der Waals surface area (Å²) in [6, 6.07) is 0.653. The molecule has 0 aliphatic carbocycles. The average Bonchev–Trinajstić information content (AvgIpc) is 2.66. The van der Waals surface area contributed by atoms with Crippen molar-refractivity contribution in [3.63, 3.8) is 0 Å². The molecule has 1 N–H and O–H groups in total. The molecule has 2 unspecified atom stereocenters. The number of ether oxygens (including phenoxy) is 1. The minimum atomic E-state index is 0.428. The van der Waals surface area contributed by atoms with Crippen LogP contribution in [0.2, 0.25) is 0 Å². The Hall–Kier alpha value is -0.120. The summed E-state index contributed by atoms with van der Waals surface area (Å²) in [6.45, 7) is 6.81. The van der Waals surface area contributed by atoms with E-state index in [0.29, 0.717) is 12.1 Å². The largest absolute Gasteiger partial charge is 0.377 e. The molecule has 2 fully saturated rings. The van der Waals surface area contributed by atoms with E-state index in [0.717, 1.165) is 12.5 Å². The van der Waals surface area contributed by atoms with E-state index in [1.165, 1.54) is 38.9 Å². The summed E-state index contributed by atoms with van der Waals surface area (Å²) in [7, 11) is 2.26. The number of hydrogen-bond acceptors (Lipinski definition) is 3. The third-order valence-electron chi connectivity index (χ3n) is 3.91. The number of likely N-dealkylation sites (N-methyl/N-ethyl adjacent to an activating group) is 1. The van der Waals surface area contributed by atoms with E-state index in [-0.39, 0.29) is 0 Å². The van der Waals surface area contributed by atoms with Crippen molar-refractivity contribution in [2.24, 2.45) is 5.92 Å². The summed E-state index contributed by atoms with van der Waals surface area (Å²) in [5.41, 5.74) is 0. The average molecular weight is 212 g/mol. The Bertz CT molecular complexity index is 192. The molecule has 0 aromatic heterocycles. The minimum Gasteiger partial charge on any atom is -0.377 e. The molecule has 0 aromatic carbocycles. The van der Waals surface area contributed by atoms with Crippen molar-refractivity contribution in [2.45, 2.75) is 38.3 Å². The van der Waals surface area contributed by atoms with Gasteiger partial charge in [-0.15, -0.1) is 0 Å². The maximum atomic E-state index is 5.62. The lowest BCUT2D eigenvalue weighted by Crippen LogP contribution is -2.42. The number of rotatable bonds is 3. The fraction of sp³-hybridized carbons (Fsp3) is 1.00. The zero-order chi connectivity index (χ0) is 10.7. The molecular formula is C12H24N2O. The van der Waals surface area contributed by atoms with Crippen molar-refractivity contribution in [1.82, 2.24) is 10.2 Å². The third-order valence-corrected chi connectivity index (χ3v) is 3.91. The Morgan fingerprint density at radius 3 is 2.60 bits per heavy atom. The van der Waals surface area contributed by atoms with Gasteiger partial charge < -0.3 is 15.0 Å². The molecule has 15 heavy (non-hydrogen) atoms. The van der Waals surface area contributed by atoms with Crippen molar-refractivity contribution in [3.05, 3.63) is 0 Å². The summed E-state index contributed by atoms with van der Waals surface area (Å²) >= 11 is 0. The van der Waals surface area contributed by atoms with Gasteiger partial charge in [-0.25, -0.2) is 0 Å². The zero-order valence-electron chi connectivity index (χ0n) is 10.0. The highest BCUT2D eigenvalue weighted by Gasteiger charge is 2.29. The molecular weight excluding hydrogens is 188 g/mol. The molecule has 2 heterocycles. The molecule has 88 valence electrons. The van der Waals surface area contributed by atoms with Crippen molar-refractivity contribution < 1.29 is 4.74 Å². The van der Waals surface area contributed by atoms with Crippen LogP contribution < -0.4 is 5.32 Å². The Labute approximate surface area is 93.2 Å². The lowest BCUT2D eigenvalue weighted by atomic mass is 9.96. The highest BCUT2D eigenvalue weighted by Crippen LogP contribution is 2.21. The van der Waals surface area contributed by atoms with Crippen molar-refractivity contribution >= 4 is 0 Å². The van der Waals surface area contributed by atoms with E-state index in [9.17, 15) is 0 Å². The zero-order valence-corrected chi connectivity index (χ0v) is 10.0. The number of hydrogen-bond donors (Lipinski definition) is 1. The quantitative estimate of drug-likeness (QED) is 0.758. The Morgan fingerprint density at radius 1 is 1.27 bits per heavy atom. The maximum Gasteiger partial charge on any atom is 0.0702 e. The van der Waals surface area contributed by atoms with Gasteiger partial charge in [0.25, 0.3) is 0 Å². The lowest BCUT2D eigenvalue weighted by Gasteiger charge is -2.32. The summed E-state index contributed by atoms with van der Waals surface area (Å²) in [5.74, 6) is 0.893. The first-order chi connectivity index (χ1) is 7.27. The minimum absolute atomic E-state index is 0.428. The number of nitrogens with zero attached hydrogens (tertiary/aromatic N) is 1. The third kappa shape index (κ3) is 2.92. The molecule has 2 rings (SSSR count).